The summed E-state index contributed by atoms with van der Waals surface area (Å²) in [4.78, 5) is 4.25. The van der Waals surface area contributed by atoms with Gasteiger partial charge < -0.3 is 10.3 Å². The Morgan fingerprint density at radius 2 is 1.80 bits per heavy atom. The molecule has 100 valence electrons. The highest BCUT2D eigenvalue weighted by atomic mass is 19.1. The number of anilines is 1. The van der Waals surface area contributed by atoms with Gasteiger partial charge in [0, 0.05) is 12.1 Å². The summed E-state index contributed by atoms with van der Waals surface area (Å²) in [6.45, 7) is 0. The van der Waals surface area contributed by atoms with Crippen molar-refractivity contribution in [2.45, 2.75) is 6.42 Å². The molecule has 0 aliphatic carbocycles. The van der Waals surface area contributed by atoms with E-state index in [0.717, 1.165) is 0 Å². The Labute approximate surface area is 115 Å². The molecule has 3 rings (SSSR count). The molecule has 0 spiro atoms. The van der Waals surface area contributed by atoms with Crippen molar-refractivity contribution in [2.24, 2.45) is 0 Å². The predicted octanol–water partition coefficient (Wildman–Crippen LogP) is 3.05. The van der Waals surface area contributed by atoms with Gasteiger partial charge in [0.15, 0.2) is 5.82 Å². The van der Waals surface area contributed by atoms with Gasteiger partial charge in [-0.15, -0.1) is 0 Å². The second-order valence-corrected chi connectivity index (χ2v) is 4.37. The summed E-state index contributed by atoms with van der Waals surface area (Å²) in [6, 6.07) is 13.8. The molecule has 3 aromatic rings. The van der Waals surface area contributed by atoms with Gasteiger partial charge in [-0.2, -0.15) is 4.98 Å². The van der Waals surface area contributed by atoms with E-state index >= 15 is 0 Å². The van der Waals surface area contributed by atoms with Crippen LogP contribution in [0.1, 0.15) is 11.4 Å². The highest BCUT2D eigenvalue weighted by Crippen LogP contribution is 2.24. The van der Waals surface area contributed by atoms with E-state index in [1.807, 2.05) is 12.1 Å². The molecule has 1 aromatic heterocycles. The Balaban J connectivity index is 1.88. The highest BCUT2D eigenvalue weighted by molar-refractivity contribution is 5.69. The summed E-state index contributed by atoms with van der Waals surface area (Å²) >= 11 is 0. The molecule has 0 atom stereocenters. The van der Waals surface area contributed by atoms with Crippen LogP contribution in [0.5, 0.6) is 0 Å². The monoisotopic (exact) mass is 269 g/mol. The normalized spacial score (nSPS) is 10.7. The van der Waals surface area contributed by atoms with Crippen molar-refractivity contribution in [1.82, 2.24) is 10.1 Å². The van der Waals surface area contributed by atoms with Crippen molar-refractivity contribution in [2.75, 3.05) is 5.73 Å². The van der Waals surface area contributed by atoms with Crippen LogP contribution in [0.3, 0.4) is 0 Å². The van der Waals surface area contributed by atoms with Crippen LogP contribution in [0.25, 0.3) is 11.5 Å². The fourth-order valence-corrected chi connectivity index (χ4v) is 1.94. The van der Waals surface area contributed by atoms with E-state index in [-0.39, 0.29) is 12.2 Å². The average molecular weight is 269 g/mol. The number of nitrogen functional groups attached to an aromatic ring is 1. The number of rotatable bonds is 3. The van der Waals surface area contributed by atoms with Gasteiger partial charge in [0.05, 0.1) is 5.56 Å². The molecule has 2 N–H and O–H groups in total. The van der Waals surface area contributed by atoms with Gasteiger partial charge in [-0.05, 0) is 23.8 Å². The second kappa shape index (κ2) is 5.13. The predicted molar refractivity (Wildman–Crippen MR) is 73.4 cm³/mol. The lowest BCUT2D eigenvalue weighted by atomic mass is 10.1. The van der Waals surface area contributed by atoms with E-state index in [9.17, 15) is 4.39 Å². The number of hydrogen-bond donors (Lipinski definition) is 1. The van der Waals surface area contributed by atoms with Crippen molar-refractivity contribution in [3.05, 3.63) is 65.7 Å². The molecular formula is C15H12FN3O. The van der Waals surface area contributed by atoms with Crippen molar-refractivity contribution in [3.8, 4) is 11.5 Å². The van der Waals surface area contributed by atoms with Crippen molar-refractivity contribution in [3.63, 3.8) is 0 Å². The summed E-state index contributed by atoms with van der Waals surface area (Å²) < 4.78 is 18.7. The first-order chi connectivity index (χ1) is 9.74. The van der Waals surface area contributed by atoms with Gasteiger partial charge in [-0.3, -0.25) is 0 Å². The maximum absolute atomic E-state index is 13.6. The molecule has 0 unspecified atom stereocenters. The molecule has 5 heteroatoms. The number of benzene rings is 2. The summed E-state index contributed by atoms with van der Waals surface area (Å²) in [5, 5.41) is 3.86. The molecule has 0 saturated heterocycles. The van der Waals surface area contributed by atoms with Gasteiger partial charge in [0.25, 0.3) is 5.89 Å². The zero-order valence-electron chi connectivity index (χ0n) is 10.6. The number of nitrogens with zero attached hydrogens (tertiary/aromatic N) is 2. The van der Waals surface area contributed by atoms with E-state index in [4.69, 9.17) is 10.3 Å². The fraction of sp³-hybridized carbons (Fsp3) is 0.0667. The van der Waals surface area contributed by atoms with E-state index in [1.165, 1.54) is 6.07 Å². The molecular weight excluding hydrogens is 257 g/mol. The van der Waals surface area contributed by atoms with Crippen LogP contribution in [0.2, 0.25) is 0 Å². The molecule has 0 aliphatic heterocycles. The SMILES string of the molecule is Nc1ccccc1-c1nc(Cc2ccccc2F)no1. The molecule has 0 saturated carbocycles. The lowest BCUT2D eigenvalue weighted by molar-refractivity contribution is 0.423. The highest BCUT2D eigenvalue weighted by Gasteiger charge is 2.12. The van der Waals surface area contributed by atoms with E-state index in [2.05, 4.69) is 10.1 Å². The van der Waals surface area contributed by atoms with Crippen LogP contribution in [-0.2, 0) is 6.42 Å². The first-order valence-electron chi connectivity index (χ1n) is 6.15. The minimum Gasteiger partial charge on any atom is -0.398 e. The lowest BCUT2D eigenvalue weighted by Gasteiger charge is -1.98. The number of halogens is 1. The molecule has 1 heterocycles. The molecule has 20 heavy (non-hydrogen) atoms. The quantitative estimate of drug-likeness (QED) is 0.742. The summed E-state index contributed by atoms with van der Waals surface area (Å²) in [5.41, 5.74) is 7.62. The zero-order valence-corrected chi connectivity index (χ0v) is 10.6. The molecule has 0 bridgehead atoms. The molecule has 0 aliphatic rings. The van der Waals surface area contributed by atoms with Crippen molar-refractivity contribution >= 4 is 5.69 Å². The maximum atomic E-state index is 13.6. The topological polar surface area (TPSA) is 64.9 Å². The Morgan fingerprint density at radius 3 is 2.60 bits per heavy atom. The van der Waals surface area contributed by atoms with Gasteiger partial charge in [0.2, 0.25) is 0 Å². The Kier molecular flexibility index (Phi) is 3.16. The third kappa shape index (κ3) is 2.38. The summed E-state index contributed by atoms with van der Waals surface area (Å²) in [7, 11) is 0. The van der Waals surface area contributed by atoms with Crippen LogP contribution >= 0.6 is 0 Å². The number of aromatic nitrogens is 2. The number of hydrogen-bond acceptors (Lipinski definition) is 4. The maximum Gasteiger partial charge on any atom is 0.260 e. The molecule has 0 fully saturated rings. The minimum absolute atomic E-state index is 0.280. The van der Waals surface area contributed by atoms with E-state index < -0.39 is 0 Å². The summed E-state index contributed by atoms with van der Waals surface area (Å²) in [5.74, 6) is 0.487. The van der Waals surface area contributed by atoms with Gasteiger partial charge in [-0.1, -0.05) is 35.5 Å². The Morgan fingerprint density at radius 1 is 1.05 bits per heavy atom. The van der Waals surface area contributed by atoms with Crippen LogP contribution in [0.4, 0.5) is 10.1 Å². The lowest BCUT2D eigenvalue weighted by Crippen LogP contribution is -1.94. The van der Waals surface area contributed by atoms with E-state index in [1.54, 1.807) is 30.3 Å². The molecule has 2 aromatic carbocycles. The third-order valence-corrected chi connectivity index (χ3v) is 2.97. The summed E-state index contributed by atoms with van der Waals surface area (Å²) in [6.07, 6.45) is 0.281. The third-order valence-electron chi connectivity index (χ3n) is 2.97. The standard InChI is InChI=1S/C15H12FN3O/c16-12-7-3-1-5-10(12)9-14-18-15(20-19-14)11-6-2-4-8-13(11)17/h1-8H,9,17H2. The molecule has 0 radical (unpaired) electrons. The van der Waals surface area contributed by atoms with Gasteiger partial charge in [0.1, 0.15) is 5.82 Å². The van der Waals surface area contributed by atoms with E-state index in [0.29, 0.717) is 28.5 Å². The first-order valence-corrected chi connectivity index (χ1v) is 6.15. The second-order valence-electron chi connectivity index (χ2n) is 4.37. The van der Waals surface area contributed by atoms with Crippen molar-refractivity contribution < 1.29 is 8.91 Å². The van der Waals surface area contributed by atoms with Crippen LogP contribution in [0, 0.1) is 5.82 Å². The first kappa shape index (κ1) is 12.3. The van der Waals surface area contributed by atoms with Crippen LogP contribution in [-0.4, -0.2) is 10.1 Å². The number of para-hydroxylation sites is 1. The van der Waals surface area contributed by atoms with Gasteiger partial charge in [-0.25, -0.2) is 4.39 Å². The number of nitrogens with two attached hydrogens (primary N) is 1. The molecule has 4 nitrogen and oxygen atoms in total. The zero-order chi connectivity index (χ0) is 13.9. The van der Waals surface area contributed by atoms with Crippen molar-refractivity contribution in [1.29, 1.82) is 0 Å². The average Bonchev–Trinajstić information content (AvgIpc) is 2.90. The Bertz CT molecular complexity index is 739. The van der Waals surface area contributed by atoms with Crippen LogP contribution < -0.4 is 5.73 Å². The van der Waals surface area contributed by atoms with Crippen LogP contribution in [0.15, 0.2) is 53.1 Å². The largest absolute Gasteiger partial charge is 0.398 e. The molecule has 0 amide bonds. The Hall–Kier alpha value is -2.69. The fourth-order valence-electron chi connectivity index (χ4n) is 1.94. The minimum atomic E-state index is -0.280. The smallest absolute Gasteiger partial charge is 0.260 e. The van der Waals surface area contributed by atoms with Gasteiger partial charge >= 0.3 is 0 Å².